The van der Waals surface area contributed by atoms with E-state index in [1.807, 2.05) is 30.3 Å². The second-order valence-electron chi connectivity index (χ2n) is 3.01. The lowest BCUT2D eigenvalue weighted by atomic mass is 10.0. The van der Waals surface area contributed by atoms with Gasteiger partial charge in [-0.3, -0.25) is 10.6 Å². The Bertz CT molecular complexity index is 254. The topological polar surface area (TPSA) is 44.3 Å². The standard InChI is InChI=1S/C9H12N2O/c12-9(6-10-7-11-9)8-4-2-1-3-5-8/h1-5,10-12H,6-7H2. The normalized spacial score (nSPS) is 29.1. The third-order valence-electron chi connectivity index (χ3n) is 2.14. The van der Waals surface area contributed by atoms with Gasteiger partial charge in [0.1, 0.15) is 0 Å². The van der Waals surface area contributed by atoms with Gasteiger partial charge in [0.25, 0.3) is 0 Å². The van der Waals surface area contributed by atoms with Gasteiger partial charge in [-0.2, -0.15) is 0 Å². The van der Waals surface area contributed by atoms with Gasteiger partial charge in [-0.1, -0.05) is 30.3 Å². The van der Waals surface area contributed by atoms with Crippen LogP contribution in [-0.4, -0.2) is 18.3 Å². The molecule has 12 heavy (non-hydrogen) atoms. The van der Waals surface area contributed by atoms with Crippen LogP contribution in [0.15, 0.2) is 30.3 Å². The molecule has 1 heterocycles. The zero-order valence-corrected chi connectivity index (χ0v) is 6.75. The van der Waals surface area contributed by atoms with Crippen molar-refractivity contribution < 1.29 is 5.11 Å². The smallest absolute Gasteiger partial charge is 0.155 e. The van der Waals surface area contributed by atoms with Crippen molar-refractivity contribution in [2.45, 2.75) is 5.72 Å². The van der Waals surface area contributed by atoms with Crippen molar-refractivity contribution in [3.63, 3.8) is 0 Å². The van der Waals surface area contributed by atoms with E-state index in [2.05, 4.69) is 10.6 Å². The number of rotatable bonds is 1. The summed E-state index contributed by atoms with van der Waals surface area (Å²) >= 11 is 0. The maximum absolute atomic E-state index is 9.99. The first-order chi connectivity index (χ1) is 5.81. The van der Waals surface area contributed by atoms with Gasteiger partial charge in [-0.15, -0.1) is 0 Å². The van der Waals surface area contributed by atoms with E-state index in [1.54, 1.807) is 0 Å². The lowest BCUT2D eigenvalue weighted by Gasteiger charge is -2.21. The van der Waals surface area contributed by atoms with Crippen LogP contribution in [0.3, 0.4) is 0 Å². The molecular weight excluding hydrogens is 152 g/mol. The Labute approximate surface area is 71.4 Å². The monoisotopic (exact) mass is 164 g/mol. The van der Waals surface area contributed by atoms with Crippen molar-refractivity contribution in [3.05, 3.63) is 35.9 Å². The minimum absolute atomic E-state index is 0.566. The third-order valence-corrected chi connectivity index (χ3v) is 2.14. The van der Waals surface area contributed by atoms with Gasteiger partial charge in [0.15, 0.2) is 5.72 Å². The van der Waals surface area contributed by atoms with Crippen LogP contribution < -0.4 is 10.6 Å². The van der Waals surface area contributed by atoms with Crippen LogP contribution in [-0.2, 0) is 5.72 Å². The highest BCUT2D eigenvalue weighted by Crippen LogP contribution is 2.18. The Morgan fingerprint density at radius 1 is 1.25 bits per heavy atom. The van der Waals surface area contributed by atoms with Crippen LogP contribution in [0.1, 0.15) is 5.56 Å². The van der Waals surface area contributed by atoms with Crippen molar-refractivity contribution in [3.8, 4) is 0 Å². The van der Waals surface area contributed by atoms with Gasteiger partial charge in [-0.25, -0.2) is 0 Å². The molecule has 3 N–H and O–H groups in total. The number of hydrogen-bond donors (Lipinski definition) is 3. The molecule has 3 heteroatoms. The second-order valence-corrected chi connectivity index (χ2v) is 3.01. The highest BCUT2D eigenvalue weighted by molar-refractivity contribution is 5.22. The molecule has 1 aliphatic rings. The average Bonchev–Trinajstić information content (AvgIpc) is 2.55. The molecular formula is C9H12N2O. The number of hydrogen-bond acceptors (Lipinski definition) is 3. The summed E-state index contributed by atoms with van der Waals surface area (Å²) in [5.41, 5.74) is 0.0383. The summed E-state index contributed by atoms with van der Waals surface area (Å²) in [6.07, 6.45) is 0. The molecule has 1 saturated heterocycles. The molecule has 3 nitrogen and oxygen atoms in total. The van der Waals surface area contributed by atoms with E-state index < -0.39 is 5.72 Å². The fourth-order valence-corrected chi connectivity index (χ4v) is 1.43. The van der Waals surface area contributed by atoms with Crippen LogP contribution in [0.4, 0.5) is 0 Å². The van der Waals surface area contributed by atoms with Gasteiger partial charge < -0.3 is 5.11 Å². The van der Waals surface area contributed by atoms with Gasteiger partial charge in [0.2, 0.25) is 0 Å². The number of nitrogens with one attached hydrogen (secondary N) is 2. The molecule has 0 aliphatic carbocycles. The second kappa shape index (κ2) is 2.86. The minimum atomic E-state index is -0.874. The van der Waals surface area contributed by atoms with Gasteiger partial charge in [0.05, 0.1) is 0 Å². The molecule has 0 amide bonds. The molecule has 0 radical (unpaired) electrons. The summed E-state index contributed by atoms with van der Waals surface area (Å²) in [6, 6.07) is 9.62. The van der Waals surface area contributed by atoms with Crippen LogP contribution >= 0.6 is 0 Å². The molecule has 1 fully saturated rings. The van der Waals surface area contributed by atoms with Crippen LogP contribution in [0, 0.1) is 0 Å². The van der Waals surface area contributed by atoms with Gasteiger partial charge in [0, 0.05) is 13.2 Å². The summed E-state index contributed by atoms with van der Waals surface area (Å²) in [5.74, 6) is 0. The maximum atomic E-state index is 9.99. The molecule has 64 valence electrons. The van der Waals surface area contributed by atoms with E-state index in [9.17, 15) is 5.11 Å². The Balaban J connectivity index is 2.29. The Kier molecular flexibility index (Phi) is 1.84. The third kappa shape index (κ3) is 1.22. The quantitative estimate of drug-likeness (QED) is 0.546. The first-order valence-electron chi connectivity index (χ1n) is 4.05. The average molecular weight is 164 g/mol. The molecule has 2 rings (SSSR count). The predicted octanol–water partition coefficient (Wildman–Crippen LogP) is -0.0180. The molecule has 1 unspecified atom stereocenters. The van der Waals surface area contributed by atoms with Crippen molar-refractivity contribution in [1.29, 1.82) is 0 Å². The van der Waals surface area contributed by atoms with Crippen molar-refractivity contribution in [2.75, 3.05) is 13.2 Å². The zero-order valence-electron chi connectivity index (χ0n) is 6.75. The minimum Gasteiger partial charge on any atom is -0.370 e. The summed E-state index contributed by atoms with van der Waals surface area (Å²) < 4.78 is 0. The SMILES string of the molecule is OC1(c2ccccc2)CNCN1. The molecule has 0 aromatic heterocycles. The highest BCUT2D eigenvalue weighted by atomic mass is 16.3. The largest absolute Gasteiger partial charge is 0.370 e. The van der Waals surface area contributed by atoms with E-state index >= 15 is 0 Å². The fraction of sp³-hybridized carbons (Fsp3) is 0.333. The van der Waals surface area contributed by atoms with E-state index in [0.29, 0.717) is 13.2 Å². The summed E-state index contributed by atoms with van der Waals surface area (Å²) in [6.45, 7) is 1.22. The first-order valence-corrected chi connectivity index (χ1v) is 4.05. The molecule has 0 bridgehead atoms. The molecule has 1 atom stereocenters. The van der Waals surface area contributed by atoms with Gasteiger partial charge >= 0.3 is 0 Å². The van der Waals surface area contributed by atoms with E-state index in [1.165, 1.54) is 0 Å². The summed E-state index contributed by atoms with van der Waals surface area (Å²) in [4.78, 5) is 0. The first kappa shape index (κ1) is 7.73. The number of aliphatic hydroxyl groups is 1. The van der Waals surface area contributed by atoms with Crippen LogP contribution in [0.25, 0.3) is 0 Å². The van der Waals surface area contributed by atoms with Gasteiger partial charge in [-0.05, 0) is 5.56 Å². The number of benzene rings is 1. The lowest BCUT2D eigenvalue weighted by molar-refractivity contribution is 0.0337. The highest BCUT2D eigenvalue weighted by Gasteiger charge is 2.31. The van der Waals surface area contributed by atoms with Crippen molar-refractivity contribution in [2.24, 2.45) is 0 Å². The van der Waals surface area contributed by atoms with Crippen LogP contribution in [0.2, 0.25) is 0 Å². The molecule has 1 aliphatic heterocycles. The zero-order chi connectivity index (χ0) is 8.44. The molecule has 1 aromatic carbocycles. The van der Waals surface area contributed by atoms with Crippen LogP contribution in [0.5, 0.6) is 0 Å². The Hall–Kier alpha value is -0.900. The summed E-state index contributed by atoms with van der Waals surface area (Å²) in [5, 5.41) is 16.0. The molecule has 0 spiro atoms. The van der Waals surface area contributed by atoms with E-state index in [0.717, 1.165) is 5.56 Å². The Morgan fingerprint density at radius 2 is 2.00 bits per heavy atom. The van der Waals surface area contributed by atoms with Crippen molar-refractivity contribution >= 4 is 0 Å². The molecule has 1 aromatic rings. The lowest BCUT2D eigenvalue weighted by Crippen LogP contribution is -2.38. The van der Waals surface area contributed by atoms with E-state index in [4.69, 9.17) is 0 Å². The van der Waals surface area contributed by atoms with Crippen molar-refractivity contribution in [1.82, 2.24) is 10.6 Å². The number of β-amino-alcohol motifs (C(OH)–C–C–N with tert-alkyl or cyclic N) is 1. The van der Waals surface area contributed by atoms with E-state index in [-0.39, 0.29) is 0 Å². The summed E-state index contributed by atoms with van der Waals surface area (Å²) in [7, 11) is 0. The predicted molar refractivity (Wildman–Crippen MR) is 46.3 cm³/mol. The maximum Gasteiger partial charge on any atom is 0.155 e. The fourth-order valence-electron chi connectivity index (χ4n) is 1.43. The molecule has 0 saturated carbocycles. The Morgan fingerprint density at radius 3 is 2.58 bits per heavy atom.